The molecule has 0 unspecified atom stereocenters. The third-order valence-corrected chi connectivity index (χ3v) is 12.1. The van der Waals surface area contributed by atoms with Crippen LogP contribution < -0.4 is 4.74 Å². The Bertz CT molecular complexity index is 2330. The van der Waals surface area contributed by atoms with E-state index in [1.807, 2.05) is 54.4 Å². The van der Waals surface area contributed by atoms with E-state index in [1.165, 1.54) is 35.3 Å². The normalized spacial score (nSPS) is 17.4. The highest BCUT2D eigenvalue weighted by Crippen LogP contribution is 2.37. The third kappa shape index (κ3) is 7.83. The summed E-state index contributed by atoms with van der Waals surface area (Å²) in [6, 6.07) is 30.5. The Morgan fingerprint density at radius 3 is 1.86 bits per heavy atom. The van der Waals surface area contributed by atoms with E-state index in [1.54, 1.807) is 0 Å². The summed E-state index contributed by atoms with van der Waals surface area (Å²) in [6.07, 6.45) is 7.04. The smallest absolute Gasteiger partial charge is 0.256 e. The lowest BCUT2D eigenvalue weighted by atomic mass is 10.0. The standard InChI is InChI=1S/C48H49F2N5O2/c1-33-28-43-44(51-32-40-6-4-21-54(40)48(43)56)31-47(33)57-27-3-2-19-52-23-25-53(26-24-52)20-5-22-55-45-17-11-36(34-7-13-38(49)14-8-34)29-41(45)42-30-37(12-18-46(42)55)35-9-15-39(50)16-10-35/h7-18,28-32,40H,2-6,19-27H2,1H3/t40-/m0/s1. The van der Waals surface area contributed by atoms with E-state index in [-0.39, 0.29) is 23.6 Å². The summed E-state index contributed by atoms with van der Waals surface area (Å²) in [5, 5.41) is 2.32. The zero-order valence-corrected chi connectivity index (χ0v) is 32.6. The lowest BCUT2D eigenvalue weighted by molar-refractivity contribution is 0.0774. The topological polar surface area (TPSA) is 53.3 Å². The minimum Gasteiger partial charge on any atom is -0.493 e. The Labute approximate surface area is 333 Å². The second-order valence-electron chi connectivity index (χ2n) is 15.8. The molecule has 0 spiro atoms. The van der Waals surface area contributed by atoms with Crippen molar-refractivity contribution < 1.29 is 18.3 Å². The van der Waals surface area contributed by atoms with Crippen molar-refractivity contribution in [3.8, 4) is 28.0 Å². The first-order valence-corrected chi connectivity index (χ1v) is 20.5. The Balaban J connectivity index is 0.785. The maximum atomic E-state index is 13.7. The molecule has 0 N–H and O–H groups in total. The molecular weight excluding hydrogens is 717 g/mol. The molecule has 5 aromatic carbocycles. The molecule has 1 atom stereocenters. The highest BCUT2D eigenvalue weighted by atomic mass is 19.1. The van der Waals surface area contributed by atoms with Crippen molar-refractivity contribution in [2.75, 3.05) is 52.4 Å². The second kappa shape index (κ2) is 16.2. The zero-order valence-electron chi connectivity index (χ0n) is 32.6. The first kappa shape index (κ1) is 37.2. The number of ether oxygens (including phenoxy) is 1. The van der Waals surface area contributed by atoms with E-state index >= 15 is 0 Å². The fraction of sp³-hybridized carbons (Fsp3) is 0.333. The minimum atomic E-state index is -0.243. The number of aliphatic imine (C=N–C) groups is 1. The van der Waals surface area contributed by atoms with Crippen LogP contribution in [0.15, 0.2) is 102 Å². The molecule has 1 aromatic heterocycles. The number of hydrogen-bond acceptors (Lipinski definition) is 5. The van der Waals surface area contributed by atoms with Crippen molar-refractivity contribution >= 4 is 39.6 Å². The van der Waals surface area contributed by atoms with E-state index in [0.717, 1.165) is 134 Å². The highest BCUT2D eigenvalue weighted by molar-refractivity contribution is 6.10. The molecule has 4 heterocycles. The summed E-state index contributed by atoms with van der Waals surface area (Å²) in [5.41, 5.74) is 8.81. The van der Waals surface area contributed by atoms with Gasteiger partial charge in [-0.2, -0.15) is 0 Å². The number of nitrogens with zero attached hydrogens (tertiary/aromatic N) is 5. The Morgan fingerprint density at radius 2 is 1.25 bits per heavy atom. The Morgan fingerprint density at radius 1 is 0.667 bits per heavy atom. The van der Waals surface area contributed by atoms with Gasteiger partial charge in [-0.3, -0.25) is 9.79 Å². The molecule has 292 valence electrons. The fourth-order valence-electron chi connectivity index (χ4n) is 8.93. The maximum Gasteiger partial charge on any atom is 0.256 e. The molecular formula is C48H49F2N5O2. The number of carbonyl (C=O) groups is 1. The largest absolute Gasteiger partial charge is 0.493 e. The van der Waals surface area contributed by atoms with Gasteiger partial charge in [0, 0.05) is 73.4 Å². The lowest BCUT2D eigenvalue weighted by Crippen LogP contribution is -2.46. The molecule has 3 aliphatic rings. The van der Waals surface area contributed by atoms with Gasteiger partial charge in [0.1, 0.15) is 17.4 Å². The van der Waals surface area contributed by atoms with Crippen LogP contribution in [-0.4, -0.2) is 89.9 Å². The van der Waals surface area contributed by atoms with E-state index < -0.39 is 0 Å². The summed E-state index contributed by atoms with van der Waals surface area (Å²) >= 11 is 0. The van der Waals surface area contributed by atoms with Crippen molar-refractivity contribution in [1.82, 2.24) is 19.3 Å². The number of piperazine rings is 1. The van der Waals surface area contributed by atoms with Gasteiger partial charge in [-0.1, -0.05) is 36.4 Å². The number of halogens is 2. The molecule has 0 saturated carbocycles. The molecule has 1 amide bonds. The van der Waals surface area contributed by atoms with Gasteiger partial charge in [0.2, 0.25) is 0 Å². The number of carbonyl (C=O) groups excluding carboxylic acids is 1. The first-order valence-electron chi connectivity index (χ1n) is 20.5. The number of amides is 1. The second-order valence-corrected chi connectivity index (χ2v) is 15.8. The number of fused-ring (bicyclic) bond motifs is 5. The molecule has 0 bridgehead atoms. The Hall–Kier alpha value is -5.38. The SMILES string of the molecule is Cc1cc2c(cc1OCCCCN1CCN(CCCn3c4ccc(-c5ccc(F)cc5)cc4c4cc(-c5ccc(F)cc5)ccc43)CC1)N=C[C@@H]1CCCN1C2=O. The van der Waals surface area contributed by atoms with Crippen LogP contribution in [0.3, 0.4) is 0 Å². The summed E-state index contributed by atoms with van der Waals surface area (Å²) in [6.45, 7) is 10.8. The highest BCUT2D eigenvalue weighted by Gasteiger charge is 2.32. The van der Waals surface area contributed by atoms with Gasteiger partial charge in [-0.05, 0) is 135 Å². The molecule has 9 heteroatoms. The van der Waals surface area contributed by atoms with Crippen molar-refractivity contribution in [1.29, 1.82) is 0 Å². The van der Waals surface area contributed by atoms with Gasteiger partial charge >= 0.3 is 0 Å². The van der Waals surface area contributed by atoms with Crippen LogP contribution in [0, 0.1) is 18.6 Å². The monoisotopic (exact) mass is 765 g/mol. The summed E-state index contributed by atoms with van der Waals surface area (Å²) in [7, 11) is 0. The molecule has 0 aliphatic carbocycles. The summed E-state index contributed by atoms with van der Waals surface area (Å²) in [5.74, 6) is 0.417. The maximum absolute atomic E-state index is 13.7. The van der Waals surface area contributed by atoms with Crippen LogP contribution in [0.5, 0.6) is 5.75 Å². The van der Waals surface area contributed by atoms with Gasteiger partial charge < -0.3 is 24.0 Å². The number of benzene rings is 5. The molecule has 6 aromatic rings. The predicted octanol–water partition coefficient (Wildman–Crippen LogP) is 9.90. The Kier molecular flexibility index (Phi) is 10.6. The number of aryl methyl sites for hydroxylation is 2. The van der Waals surface area contributed by atoms with Gasteiger partial charge in [0.25, 0.3) is 5.91 Å². The summed E-state index contributed by atoms with van der Waals surface area (Å²) < 4.78 is 36.1. The quantitative estimate of drug-likeness (QED) is 0.117. The van der Waals surface area contributed by atoms with Crippen molar-refractivity contribution in [3.05, 3.63) is 120 Å². The van der Waals surface area contributed by atoms with Crippen molar-refractivity contribution in [2.24, 2.45) is 4.99 Å². The van der Waals surface area contributed by atoms with Crippen LogP contribution in [-0.2, 0) is 6.54 Å². The van der Waals surface area contributed by atoms with Crippen molar-refractivity contribution in [3.63, 3.8) is 0 Å². The number of unbranched alkanes of at least 4 members (excludes halogenated alkanes) is 1. The first-order chi connectivity index (χ1) is 27.9. The van der Waals surface area contributed by atoms with Gasteiger partial charge in [-0.15, -0.1) is 0 Å². The molecule has 2 fully saturated rings. The van der Waals surface area contributed by atoms with Crippen molar-refractivity contribution in [2.45, 2.75) is 51.6 Å². The molecule has 57 heavy (non-hydrogen) atoms. The zero-order chi connectivity index (χ0) is 38.9. The van der Waals surface area contributed by atoms with Crippen LogP contribution in [0.1, 0.15) is 48.0 Å². The van der Waals surface area contributed by atoms with E-state index in [0.29, 0.717) is 12.2 Å². The average Bonchev–Trinajstić information content (AvgIpc) is 3.80. The average molecular weight is 766 g/mol. The van der Waals surface area contributed by atoms with E-state index in [9.17, 15) is 13.6 Å². The van der Waals surface area contributed by atoms with Crippen LogP contribution in [0.25, 0.3) is 44.1 Å². The molecule has 9 rings (SSSR count). The fourth-order valence-corrected chi connectivity index (χ4v) is 8.93. The minimum absolute atomic E-state index is 0.0841. The van der Waals surface area contributed by atoms with E-state index in [4.69, 9.17) is 4.74 Å². The number of hydrogen-bond donors (Lipinski definition) is 0. The molecule has 7 nitrogen and oxygen atoms in total. The predicted molar refractivity (Wildman–Crippen MR) is 226 cm³/mol. The van der Waals surface area contributed by atoms with Crippen LogP contribution in [0.4, 0.5) is 14.5 Å². The van der Waals surface area contributed by atoms with Gasteiger partial charge in [0.05, 0.1) is 23.9 Å². The molecule has 3 aliphatic heterocycles. The van der Waals surface area contributed by atoms with E-state index in [2.05, 4.69) is 55.8 Å². The number of rotatable bonds is 12. The van der Waals surface area contributed by atoms with Gasteiger partial charge in [0.15, 0.2) is 0 Å². The molecule has 0 radical (unpaired) electrons. The van der Waals surface area contributed by atoms with Crippen LogP contribution in [0.2, 0.25) is 0 Å². The van der Waals surface area contributed by atoms with Crippen LogP contribution >= 0.6 is 0 Å². The third-order valence-electron chi connectivity index (χ3n) is 12.1. The lowest BCUT2D eigenvalue weighted by Gasteiger charge is -2.34. The van der Waals surface area contributed by atoms with Gasteiger partial charge in [-0.25, -0.2) is 8.78 Å². The number of aromatic nitrogens is 1. The molecule has 2 saturated heterocycles. The summed E-state index contributed by atoms with van der Waals surface area (Å²) in [4.78, 5) is 24.9.